The van der Waals surface area contributed by atoms with Gasteiger partial charge in [-0.05, 0) is 30.3 Å². The number of halogens is 3. The second-order valence-corrected chi connectivity index (χ2v) is 8.86. The quantitative estimate of drug-likeness (QED) is 0.707. The SMILES string of the molecule is O=C(COc1cccc(F)c1)N1CCN(S(=O)(=O)c2ccc(Cl)c(Cl)c2)CC1. The molecular formula is C18H17Cl2FN2O4S. The number of hydrogen-bond acceptors (Lipinski definition) is 4. The van der Waals surface area contributed by atoms with Crippen LogP contribution in [-0.4, -0.2) is 56.3 Å². The highest BCUT2D eigenvalue weighted by molar-refractivity contribution is 7.89. The van der Waals surface area contributed by atoms with Crippen LogP contribution in [0.15, 0.2) is 47.4 Å². The summed E-state index contributed by atoms with van der Waals surface area (Å²) >= 11 is 11.7. The van der Waals surface area contributed by atoms with Crippen molar-refractivity contribution in [1.29, 1.82) is 0 Å². The minimum absolute atomic E-state index is 0.0520. The van der Waals surface area contributed by atoms with Crippen molar-refractivity contribution in [3.8, 4) is 5.75 Å². The second kappa shape index (κ2) is 8.65. The molecule has 1 fully saturated rings. The molecule has 3 rings (SSSR count). The van der Waals surface area contributed by atoms with Crippen molar-refractivity contribution >= 4 is 39.1 Å². The molecule has 0 atom stereocenters. The molecule has 1 aliphatic heterocycles. The first-order chi connectivity index (χ1) is 13.3. The largest absolute Gasteiger partial charge is 0.484 e. The Morgan fingerprint density at radius 3 is 2.39 bits per heavy atom. The fourth-order valence-corrected chi connectivity index (χ4v) is 4.57. The summed E-state index contributed by atoms with van der Waals surface area (Å²) in [7, 11) is -3.73. The standard InChI is InChI=1S/C18H17Cl2FN2O4S/c19-16-5-4-15(11-17(16)20)28(25,26)23-8-6-22(7-9-23)18(24)12-27-14-3-1-2-13(21)10-14/h1-5,10-11H,6-9,12H2. The van der Waals surface area contributed by atoms with Gasteiger partial charge in [0.1, 0.15) is 11.6 Å². The lowest BCUT2D eigenvalue weighted by atomic mass is 10.3. The molecule has 6 nitrogen and oxygen atoms in total. The van der Waals surface area contributed by atoms with Gasteiger partial charge in [-0.1, -0.05) is 29.3 Å². The zero-order valence-electron chi connectivity index (χ0n) is 14.6. The zero-order chi connectivity index (χ0) is 20.3. The predicted octanol–water partition coefficient (Wildman–Crippen LogP) is 3.04. The van der Waals surface area contributed by atoms with Crippen molar-refractivity contribution < 1.29 is 22.3 Å². The average Bonchev–Trinajstić information content (AvgIpc) is 2.68. The number of nitrogens with zero attached hydrogens (tertiary/aromatic N) is 2. The molecule has 10 heteroatoms. The first kappa shape index (κ1) is 20.9. The number of piperazine rings is 1. The molecule has 0 radical (unpaired) electrons. The van der Waals surface area contributed by atoms with E-state index >= 15 is 0 Å². The normalized spacial score (nSPS) is 15.5. The van der Waals surface area contributed by atoms with Crippen molar-refractivity contribution in [1.82, 2.24) is 9.21 Å². The van der Waals surface area contributed by atoms with Crippen LogP contribution in [0.2, 0.25) is 10.0 Å². The smallest absolute Gasteiger partial charge is 0.260 e. The van der Waals surface area contributed by atoms with Crippen LogP contribution in [-0.2, 0) is 14.8 Å². The fourth-order valence-electron chi connectivity index (χ4n) is 2.76. The molecule has 0 unspecified atom stereocenters. The van der Waals surface area contributed by atoms with Gasteiger partial charge in [-0.15, -0.1) is 0 Å². The maximum Gasteiger partial charge on any atom is 0.260 e. The van der Waals surface area contributed by atoms with Crippen molar-refractivity contribution in [3.05, 3.63) is 58.3 Å². The van der Waals surface area contributed by atoms with Gasteiger partial charge in [0.2, 0.25) is 10.0 Å². The van der Waals surface area contributed by atoms with Crippen molar-refractivity contribution in [2.24, 2.45) is 0 Å². The predicted molar refractivity (Wildman–Crippen MR) is 104 cm³/mol. The summed E-state index contributed by atoms with van der Waals surface area (Å²) in [5.74, 6) is -0.490. The molecule has 1 heterocycles. The van der Waals surface area contributed by atoms with Crippen LogP contribution in [0.4, 0.5) is 4.39 Å². The molecule has 1 aliphatic rings. The van der Waals surface area contributed by atoms with Crippen molar-refractivity contribution in [2.45, 2.75) is 4.90 Å². The summed E-state index contributed by atoms with van der Waals surface area (Å²) in [4.78, 5) is 13.8. The molecule has 0 aliphatic carbocycles. The number of rotatable bonds is 5. The highest BCUT2D eigenvalue weighted by Crippen LogP contribution is 2.27. The van der Waals surface area contributed by atoms with E-state index in [0.29, 0.717) is 0 Å². The first-order valence-electron chi connectivity index (χ1n) is 8.39. The van der Waals surface area contributed by atoms with Crippen LogP contribution < -0.4 is 4.74 Å². The first-order valence-corrected chi connectivity index (χ1v) is 10.6. The van der Waals surface area contributed by atoms with E-state index < -0.39 is 15.8 Å². The molecular weight excluding hydrogens is 430 g/mol. The van der Waals surface area contributed by atoms with E-state index in [0.717, 1.165) is 0 Å². The molecule has 0 saturated carbocycles. The molecule has 0 spiro atoms. The average molecular weight is 447 g/mol. The Morgan fingerprint density at radius 1 is 1.04 bits per heavy atom. The van der Waals surface area contributed by atoms with E-state index in [4.69, 9.17) is 27.9 Å². The monoisotopic (exact) mass is 446 g/mol. The topological polar surface area (TPSA) is 66.9 Å². The van der Waals surface area contributed by atoms with E-state index in [1.165, 1.54) is 45.6 Å². The zero-order valence-corrected chi connectivity index (χ0v) is 17.0. The summed E-state index contributed by atoms with van der Waals surface area (Å²) < 4.78 is 45.2. The van der Waals surface area contributed by atoms with Gasteiger partial charge in [-0.2, -0.15) is 4.31 Å². The van der Waals surface area contributed by atoms with Crippen LogP contribution in [0.1, 0.15) is 0 Å². The third-order valence-electron chi connectivity index (χ3n) is 4.28. The minimum atomic E-state index is -3.73. The summed E-state index contributed by atoms with van der Waals surface area (Å²) in [6.07, 6.45) is 0. The van der Waals surface area contributed by atoms with Gasteiger partial charge in [0, 0.05) is 32.2 Å². The fraction of sp³-hybridized carbons (Fsp3) is 0.278. The molecule has 0 N–H and O–H groups in total. The van der Waals surface area contributed by atoms with E-state index in [1.807, 2.05) is 0 Å². The number of carbonyl (C=O) groups excluding carboxylic acids is 1. The van der Waals surface area contributed by atoms with Gasteiger partial charge in [0.25, 0.3) is 5.91 Å². The van der Waals surface area contributed by atoms with Crippen LogP contribution in [0.3, 0.4) is 0 Å². The molecule has 0 bridgehead atoms. The maximum absolute atomic E-state index is 13.1. The second-order valence-electron chi connectivity index (χ2n) is 6.11. The molecule has 1 amide bonds. The van der Waals surface area contributed by atoms with Gasteiger partial charge in [-0.3, -0.25) is 4.79 Å². The van der Waals surface area contributed by atoms with Crippen LogP contribution in [0, 0.1) is 5.82 Å². The molecule has 28 heavy (non-hydrogen) atoms. The Kier molecular flexibility index (Phi) is 6.44. The summed E-state index contributed by atoms with van der Waals surface area (Å²) in [5.41, 5.74) is 0. The Bertz CT molecular complexity index is 979. The summed E-state index contributed by atoms with van der Waals surface area (Å²) in [6.45, 7) is 0.503. The van der Waals surface area contributed by atoms with E-state index in [2.05, 4.69) is 0 Å². The molecule has 150 valence electrons. The Labute approximate surface area is 172 Å². The highest BCUT2D eigenvalue weighted by Gasteiger charge is 2.30. The lowest BCUT2D eigenvalue weighted by Gasteiger charge is -2.34. The number of ether oxygens (including phenoxy) is 1. The number of benzene rings is 2. The van der Waals surface area contributed by atoms with Crippen molar-refractivity contribution in [2.75, 3.05) is 32.8 Å². The van der Waals surface area contributed by atoms with Gasteiger partial charge in [0.05, 0.1) is 14.9 Å². The van der Waals surface area contributed by atoms with Crippen LogP contribution in [0.25, 0.3) is 0 Å². The van der Waals surface area contributed by atoms with Gasteiger partial charge < -0.3 is 9.64 Å². The Morgan fingerprint density at radius 2 is 1.75 bits per heavy atom. The Balaban J connectivity index is 1.57. The van der Waals surface area contributed by atoms with Gasteiger partial charge in [-0.25, -0.2) is 12.8 Å². The highest BCUT2D eigenvalue weighted by atomic mass is 35.5. The molecule has 2 aromatic rings. The molecule has 2 aromatic carbocycles. The maximum atomic E-state index is 13.1. The minimum Gasteiger partial charge on any atom is -0.484 e. The van der Waals surface area contributed by atoms with E-state index in [-0.39, 0.29) is 59.4 Å². The van der Waals surface area contributed by atoms with E-state index in [1.54, 1.807) is 6.07 Å². The molecule has 0 aromatic heterocycles. The third kappa shape index (κ3) is 4.75. The number of amides is 1. The van der Waals surface area contributed by atoms with E-state index in [9.17, 15) is 17.6 Å². The van der Waals surface area contributed by atoms with Gasteiger partial charge in [0.15, 0.2) is 6.61 Å². The van der Waals surface area contributed by atoms with Crippen molar-refractivity contribution in [3.63, 3.8) is 0 Å². The Hall–Kier alpha value is -1.87. The number of sulfonamides is 1. The lowest BCUT2D eigenvalue weighted by Crippen LogP contribution is -2.51. The third-order valence-corrected chi connectivity index (χ3v) is 6.91. The summed E-state index contributed by atoms with van der Waals surface area (Å²) in [5, 5.41) is 0.431. The number of hydrogen-bond donors (Lipinski definition) is 0. The lowest BCUT2D eigenvalue weighted by molar-refractivity contribution is -0.134. The van der Waals surface area contributed by atoms with Crippen LogP contribution in [0.5, 0.6) is 5.75 Å². The number of carbonyl (C=O) groups is 1. The summed E-state index contributed by atoms with van der Waals surface area (Å²) in [6, 6.07) is 9.65. The van der Waals surface area contributed by atoms with Crippen LogP contribution >= 0.6 is 23.2 Å². The van der Waals surface area contributed by atoms with Gasteiger partial charge >= 0.3 is 0 Å². The molecule has 1 saturated heterocycles.